The highest BCUT2D eigenvalue weighted by Gasteiger charge is 2.38. The van der Waals surface area contributed by atoms with Gasteiger partial charge in [-0.3, -0.25) is 10.1 Å². The van der Waals surface area contributed by atoms with Crippen molar-refractivity contribution in [2.45, 2.75) is 58.2 Å². The third kappa shape index (κ3) is 8.42. The van der Waals surface area contributed by atoms with E-state index in [-0.39, 0.29) is 36.3 Å². The third-order valence-electron chi connectivity index (χ3n) is 7.36. The first-order chi connectivity index (χ1) is 20.8. The van der Waals surface area contributed by atoms with Crippen molar-refractivity contribution in [3.8, 4) is 5.75 Å². The van der Waals surface area contributed by atoms with Gasteiger partial charge >= 0.3 is 11.9 Å². The van der Waals surface area contributed by atoms with E-state index in [9.17, 15) is 19.7 Å². The van der Waals surface area contributed by atoms with Gasteiger partial charge in [-0.25, -0.2) is 9.59 Å². The van der Waals surface area contributed by atoms with E-state index in [1.165, 1.54) is 25.3 Å². The highest BCUT2D eigenvalue weighted by Crippen LogP contribution is 2.40. The molecule has 2 unspecified atom stereocenters. The van der Waals surface area contributed by atoms with Gasteiger partial charge in [0.25, 0.3) is 5.69 Å². The summed E-state index contributed by atoms with van der Waals surface area (Å²) < 4.78 is 27.7. The molecule has 0 radical (unpaired) electrons. The van der Waals surface area contributed by atoms with Crippen LogP contribution in [-0.2, 0) is 35.0 Å². The quantitative estimate of drug-likeness (QED) is 0.144. The molecule has 11 heteroatoms. The fourth-order valence-corrected chi connectivity index (χ4v) is 5.25. The number of aryl methyl sites for hydroxylation is 1. The molecule has 2 atom stereocenters. The summed E-state index contributed by atoms with van der Waals surface area (Å²) in [6.07, 6.45) is 4.90. The molecule has 2 heterocycles. The number of hydrogen-bond donors (Lipinski definition) is 1. The molecule has 2 aliphatic heterocycles. The predicted molar refractivity (Wildman–Crippen MR) is 157 cm³/mol. The molecule has 2 aromatic carbocycles. The molecule has 2 aromatic rings. The SMILES string of the molecule is COC(=O)C1=C(C)NC(C)=C(C(=O)OCCOc2ccc(CCCOC3CCCCO3)cc2)C1c1cccc([N+](=O)[O-])c1. The summed E-state index contributed by atoms with van der Waals surface area (Å²) in [5.74, 6) is -1.61. The number of methoxy groups -OCH3 is 1. The number of nitro groups is 1. The highest BCUT2D eigenvalue weighted by atomic mass is 16.7. The maximum absolute atomic E-state index is 13.4. The number of nitrogens with zero attached hydrogens (tertiary/aromatic N) is 1. The van der Waals surface area contributed by atoms with Gasteiger partial charge in [0, 0.05) is 30.1 Å². The number of carbonyl (C=O) groups excluding carboxylic acids is 2. The van der Waals surface area contributed by atoms with Crippen molar-refractivity contribution in [2.75, 3.05) is 33.5 Å². The van der Waals surface area contributed by atoms with Crippen LogP contribution in [-0.4, -0.2) is 56.7 Å². The predicted octanol–water partition coefficient (Wildman–Crippen LogP) is 5.10. The zero-order valence-electron chi connectivity index (χ0n) is 24.8. The van der Waals surface area contributed by atoms with E-state index >= 15 is 0 Å². The molecule has 0 amide bonds. The molecule has 0 saturated carbocycles. The molecule has 11 nitrogen and oxygen atoms in total. The van der Waals surface area contributed by atoms with Gasteiger partial charge in [-0.15, -0.1) is 0 Å². The summed E-state index contributed by atoms with van der Waals surface area (Å²) in [5.41, 5.74) is 2.68. The Labute approximate surface area is 250 Å². The van der Waals surface area contributed by atoms with Crippen molar-refractivity contribution in [2.24, 2.45) is 0 Å². The van der Waals surface area contributed by atoms with Crippen LogP contribution in [0.1, 0.15) is 56.6 Å². The van der Waals surface area contributed by atoms with Gasteiger partial charge < -0.3 is 29.0 Å². The van der Waals surface area contributed by atoms with Crippen LogP contribution in [0.5, 0.6) is 5.75 Å². The number of allylic oxidation sites excluding steroid dienone is 2. The fraction of sp³-hybridized carbons (Fsp3) is 0.438. The van der Waals surface area contributed by atoms with Gasteiger partial charge in [0.15, 0.2) is 6.29 Å². The zero-order chi connectivity index (χ0) is 30.8. The van der Waals surface area contributed by atoms with E-state index in [4.69, 9.17) is 23.7 Å². The fourth-order valence-electron chi connectivity index (χ4n) is 5.25. The molecule has 0 aromatic heterocycles. The molecule has 2 aliphatic rings. The number of hydrogen-bond acceptors (Lipinski definition) is 10. The molecule has 1 fully saturated rings. The Kier molecular flexibility index (Phi) is 11.3. The largest absolute Gasteiger partial charge is 0.490 e. The van der Waals surface area contributed by atoms with E-state index in [1.54, 1.807) is 19.9 Å². The van der Waals surface area contributed by atoms with Crippen LogP contribution in [0.2, 0.25) is 0 Å². The third-order valence-corrected chi connectivity index (χ3v) is 7.36. The summed E-state index contributed by atoms with van der Waals surface area (Å²) in [4.78, 5) is 37.0. The molecule has 0 spiro atoms. The molecule has 1 N–H and O–H groups in total. The van der Waals surface area contributed by atoms with Crippen LogP contribution in [0.15, 0.2) is 71.1 Å². The first-order valence-corrected chi connectivity index (χ1v) is 14.4. The minimum Gasteiger partial charge on any atom is -0.490 e. The molecule has 0 aliphatic carbocycles. The number of benzene rings is 2. The van der Waals surface area contributed by atoms with Gasteiger partial charge in [-0.05, 0) is 69.2 Å². The number of carbonyl (C=O) groups is 2. The average molecular weight is 595 g/mol. The molecular formula is C32H38N2O9. The number of nitro benzene ring substituents is 1. The summed E-state index contributed by atoms with van der Waals surface area (Å²) >= 11 is 0. The van der Waals surface area contributed by atoms with Crippen molar-refractivity contribution < 1.29 is 38.2 Å². The van der Waals surface area contributed by atoms with Crippen LogP contribution in [0.4, 0.5) is 5.69 Å². The second kappa shape index (κ2) is 15.3. The lowest BCUT2D eigenvalue weighted by Gasteiger charge is -2.30. The Balaban J connectivity index is 1.33. The second-order valence-electron chi connectivity index (χ2n) is 10.4. The van der Waals surface area contributed by atoms with Crippen LogP contribution in [0.25, 0.3) is 0 Å². The number of ether oxygens (including phenoxy) is 5. The molecule has 230 valence electrons. The van der Waals surface area contributed by atoms with Crippen LogP contribution in [0.3, 0.4) is 0 Å². The molecular weight excluding hydrogens is 556 g/mol. The average Bonchev–Trinajstić information content (AvgIpc) is 3.01. The first kappa shape index (κ1) is 31.7. The Hall–Kier alpha value is -4.22. The topological polar surface area (TPSA) is 135 Å². The van der Waals surface area contributed by atoms with Gasteiger partial charge in [0.1, 0.15) is 19.0 Å². The van der Waals surface area contributed by atoms with Crippen molar-refractivity contribution in [1.29, 1.82) is 0 Å². The van der Waals surface area contributed by atoms with Crippen molar-refractivity contribution in [3.05, 3.63) is 92.3 Å². The number of non-ortho nitro benzene ring substituents is 1. The number of dihydropyridines is 1. The minimum atomic E-state index is -0.921. The lowest BCUT2D eigenvalue weighted by atomic mass is 9.80. The normalized spacial score (nSPS) is 18.6. The van der Waals surface area contributed by atoms with E-state index in [0.29, 0.717) is 29.3 Å². The standard InChI is InChI=1S/C32H38N2O9/c1-21-28(31(35)39-3)30(24-9-6-10-25(20-24)34(37)38)29(22(2)33-21)32(36)43-19-18-40-26-14-12-23(13-15-26)8-7-17-42-27-11-4-5-16-41-27/h6,9-10,12-15,20,27,30,33H,4-5,7-8,11,16-19H2,1-3H3. The van der Waals surface area contributed by atoms with Crippen molar-refractivity contribution in [3.63, 3.8) is 0 Å². The van der Waals surface area contributed by atoms with Gasteiger partial charge in [-0.1, -0.05) is 24.3 Å². The molecule has 0 bridgehead atoms. The van der Waals surface area contributed by atoms with E-state index < -0.39 is 22.8 Å². The van der Waals surface area contributed by atoms with Crippen molar-refractivity contribution >= 4 is 17.6 Å². The number of nitrogens with one attached hydrogen (secondary N) is 1. The Bertz CT molecular complexity index is 1360. The van der Waals surface area contributed by atoms with E-state index in [0.717, 1.165) is 44.3 Å². The van der Waals surface area contributed by atoms with Gasteiger partial charge in [-0.2, -0.15) is 0 Å². The monoisotopic (exact) mass is 594 g/mol. The van der Waals surface area contributed by atoms with Crippen molar-refractivity contribution in [1.82, 2.24) is 5.32 Å². The Morgan fingerprint density at radius 2 is 1.74 bits per heavy atom. The summed E-state index contributed by atoms with van der Waals surface area (Å²) in [5, 5.41) is 14.5. The Morgan fingerprint density at radius 3 is 2.42 bits per heavy atom. The van der Waals surface area contributed by atoms with E-state index in [2.05, 4.69) is 5.32 Å². The summed E-state index contributed by atoms with van der Waals surface area (Å²) in [7, 11) is 1.24. The summed E-state index contributed by atoms with van der Waals surface area (Å²) in [6.45, 7) is 4.86. The van der Waals surface area contributed by atoms with Gasteiger partial charge in [0.2, 0.25) is 0 Å². The van der Waals surface area contributed by atoms with Crippen LogP contribution < -0.4 is 10.1 Å². The maximum Gasteiger partial charge on any atom is 0.336 e. The Morgan fingerprint density at radius 1 is 1.00 bits per heavy atom. The molecule has 1 saturated heterocycles. The van der Waals surface area contributed by atoms with Gasteiger partial charge in [0.05, 0.1) is 35.7 Å². The van der Waals surface area contributed by atoms with E-state index in [1.807, 2.05) is 24.3 Å². The molecule has 43 heavy (non-hydrogen) atoms. The lowest BCUT2D eigenvalue weighted by Crippen LogP contribution is -2.32. The first-order valence-electron chi connectivity index (χ1n) is 14.4. The highest BCUT2D eigenvalue weighted by molar-refractivity contribution is 5.99. The second-order valence-corrected chi connectivity index (χ2v) is 10.4. The maximum atomic E-state index is 13.4. The number of esters is 2. The molecule has 4 rings (SSSR count). The summed E-state index contributed by atoms with van der Waals surface area (Å²) in [6, 6.07) is 13.6. The number of rotatable bonds is 13. The lowest BCUT2D eigenvalue weighted by molar-refractivity contribution is -0.384. The van der Waals surface area contributed by atoms with Crippen LogP contribution >= 0.6 is 0 Å². The van der Waals surface area contributed by atoms with Crippen LogP contribution in [0, 0.1) is 10.1 Å². The zero-order valence-corrected chi connectivity index (χ0v) is 24.8. The smallest absolute Gasteiger partial charge is 0.336 e. The minimum absolute atomic E-state index is 0.0458.